The molecule has 2 aliphatic rings. The molecule has 1 N–H and O–H groups in total. The number of fused-ring (bicyclic) bond motifs is 1. The highest BCUT2D eigenvalue weighted by molar-refractivity contribution is 5.91. The molecule has 2 saturated heterocycles. The lowest BCUT2D eigenvalue weighted by atomic mass is 9.82. The topological polar surface area (TPSA) is 84.9 Å². The van der Waals surface area contributed by atoms with Crippen LogP contribution in [0.1, 0.15) is 45.6 Å². The van der Waals surface area contributed by atoms with E-state index in [-0.39, 0.29) is 17.9 Å². The van der Waals surface area contributed by atoms with Gasteiger partial charge in [0.1, 0.15) is 17.7 Å². The first-order valence-electron chi connectivity index (χ1n) is 10.1. The average Bonchev–Trinajstić information content (AvgIpc) is 3.10. The molecule has 0 radical (unpaired) electrons. The minimum atomic E-state index is -0.722. The number of rotatable bonds is 4. The minimum Gasteiger partial charge on any atom is -0.467 e. The van der Waals surface area contributed by atoms with E-state index < -0.39 is 29.7 Å². The molecule has 0 saturated carbocycles. The number of ether oxygens (including phenoxy) is 2. The molecule has 1 aromatic rings. The van der Waals surface area contributed by atoms with Gasteiger partial charge in [-0.1, -0.05) is 30.3 Å². The van der Waals surface area contributed by atoms with Crippen LogP contribution in [0.15, 0.2) is 30.3 Å². The number of alkyl carbamates (subject to hydrolysis) is 1. The SMILES string of the molecule is COC(=O)[C@@H]1CC[C@@H]2[C@@H](Cc3ccccc3)C[C@H](NC(=O)OC(C)(C)C)C(=O)N21. The Morgan fingerprint density at radius 2 is 1.86 bits per heavy atom. The number of piperidine rings is 1. The summed E-state index contributed by atoms with van der Waals surface area (Å²) in [6.45, 7) is 5.33. The molecule has 2 aliphatic heterocycles. The van der Waals surface area contributed by atoms with Crippen molar-refractivity contribution in [2.75, 3.05) is 7.11 Å². The molecule has 2 heterocycles. The van der Waals surface area contributed by atoms with Gasteiger partial charge >= 0.3 is 12.1 Å². The molecule has 2 amide bonds. The molecule has 4 atom stereocenters. The molecule has 1 aromatic carbocycles. The smallest absolute Gasteiger partial charge is 0.408 e. The molecule has 0 bridgehead atoms. The number of carbonyl (C=O) groups is 3. The highest BCUT2D eigenvalue weighted by atomic mass is 16.6. The summed E-state index contributed by atoms with van der Waals surface area (Å²) in [4.78, 5) is 39.4. The molecule has 0 aliphatic carbocycles. The molecule has 7 nitrogen and oxygen atoms in total. The molecule has 7 heteroatoms. The highest BCUT2D eigenvalue weighted by Gasteiger charge is 2.51. The third kappa shape index (κ3) is 4.89. The summed E-state index contributed by atoms with van der Waals surface area (Å²) in [5.41, 5.74) is 0.514. The third-order valence-electron chi connectivity index (χ3n) is 5.57. The molecule has 0 spiro atoms. The molecular weight excluding hydrogens is 372 g/mol. The van der Waals surface area contributed by atoms with Crippen molar-refractivity contribution < 1.29 is 23.9 Å². The number of amides is 2. The lowest BCUT2D eigenvalue weighted by molar-refractivity contribution is -0.156. The van der Waals surface area contributed by atoms with Gasteiger partial charge in [0, 0.05) is 6.04 Å². The maximum Gasteiger partial charge on any atom is 0.408 e. The number of nitrogens with zero attached hydrogens (tertiary/aromatic N) is 1. The van der Waals surface area contributed by atoms with Gasteiger partial charge in [-0.2, -0.15) is 0 Å². The number of esters is 1. The Bertz CT molecular complexity index is 758. The highest BCUT2D eigenvalue weighted by Crippen LogP contribution is 2.38. The summed E-state index contributed by atoms with van der Waals surface area (Å²) in [6, 6.07) is 8.71. The van der Waals surface area contributed by atoms with Crippen LogP contribution in [0.2, 0.25) is 0 Å². The number of methoxy groups -OCH3 is 1. The van der Waals surface area contributed by atoms with Gasteiger partial charge in [0.2, 0.25) is 5.91 Å². The fourth-order valence-corrected chi connectivity index (χ4v) is 4.43. The van der Waals surface area contributed by atoms with Crippen molar-refractivity contribution >= 4 is 18.0 Å². The zero-order valence-corrected chi connectivity index (χ0v) is 17.5. The van der Waals surface area contributed by atoms with E-state index in [2.05, 4.69) is 17.4 Å². The maximum atomic E-state index is 13.2. The lowest BCUT2D eigenvalue weighted by Gasteiger charge is -2.42. The largest absolute Gasteiger partial charge is 0.467 e. The van der Waals surface area contributed by atoms with E-state index in [1.807, 2.05) is 18.2 Å². The monoisotopic (exact) mass is 402 g/mol. The van der Waals surface area contributed by atoms with Crippen molar-refractivity contribution in [1.29, 1.82) is 0 Å². The van der Waals surface area contributed by atoms with Crippen LogP contribution in [0.5, 0.6) is 0 Å². The van der Waals surface area contributed by atoms with E-state index in [0.29, 0.717) is 12.8 Å². The first-order valence-corrected chi connectivity index (χ1v) is 10.1. The fourth-order valence-electron chi connectivity index (χ4n) is 4.43. The average molecular weight is 402 g/mol. The number of benzene rings is 1. The molecule has 2 fully saturated rings. The van der Waals surface area contributed by atoms with Crippen LogP contribution >= 0.6 is 0 Å². The van der Waals surface area contributed by atoms with Gasteiger partial charge in [-0.3, -0.25) is 4.79 Å². The Kier molecular flexibility index (Phi) is 6.15. The van der Waals surface area contributed by atoms with Crippen LogP contribution in [0, 0.1) is 5.92 Å². The van der Waals surface area contributed by atoms with Crippen molar-refractivity contribution in [2.24, 2.45) is 5.92 Å². The van der Waals surface area contributed by atoms with Gasteiger partial charge in [0.05, 0.1) is 7.11 Å². The van der Waals surface area contributed by atoms with E-state index in [1.54, 1.807) is 25.7 Å². The Labute approximate surface area is 171 Å². The van der Waals surface area contributed by atoms with Gasteiger partial charge in [0.25, 0.3) is 0 Å². The van der Waals surface area contributed by atoms with Crippen LogP contribution in [-0.2, 0) is 25.5 Å². The predicted octanol–water partition coefficient (Wildman–Crippen LogP) is 2.67. The van der Waals surface area contributed by atoms with Crippen LogP contribution in [0.25, 0.3) is 0 Å². The lowest BCUT2D eigenvalue weighted by Crippen LogP contribution is -2.61. The van der Waals surface area contributed by atoms with Gasteiger partial charge in [0.15, 0.2) is 0 Å². The number of nitrogens with one attached hydrogen (secondary N) is 1. The zero-order valence-electron chi connectivity index (χ0n) is 17.5. The third-order valence-corrected chi connectivity index (χ3v) is 5.57. The molecule has 29 heavy (non-hydrogen) atoms. The second-order valence-corrected chi connectivity index (χ2v) is 8.81. The quantitative estimate of drug-likeness (QED) is 0.783. The summed E-state index contributed by atoms with van der Waals surface area (Å²) >= 11 is 0. The number of hydrogen-bond acceptors (Lipinski definition) is 5. The second-order valence-electron chi connectivity index (χ2n) is 8.81. The second kappa shape index (κ2) is 8.43. The summed E-state index contributed by atoms with van der Waals surface area (Å²) in [5, 5.41) is 2.73. The number of hydrogen-bond donors (Lipinski definition) is 1. The van der Waals surface area contributed by atoms with Gasteiger partial charge in [-0.05, 0) is 57.9 Å². The maximum absolute atomic E-state index is 13.2. The van der Waals surface area contributed by atoms with E-state index in [1.165, 1.54) is 12.7 Å². The number of carbonyl (C=O) groups excluding carboxylic acids is 3. The summed E-state index contributed by atoms with van der Waals surface area (Å²) in [5.74, 6) is -0.514. The Morgan fingerprint density at radius 3 is 2.48 bits per heavy atom. The standard InChI is InChI=1S/C22H30N2O5/c1-22(2,3)29-21(27)23-16-13-15(12-14-8-6-5-7-9-14)17-10-11-18(20(26)28-4)24(17)19(16)25/h5-9,15-18H,10-13H2,1-4H3,(H,23,27)/t15-,16-,17+,18-/m0/s1. The van der Waals surface area contributed by atoms with E-state index in [4.69, 9.17) is 9.47 Å². The van der Waals surface area contributed by atoms with Gasteiger partial charge < -0.3 is 19.7 Å². The molecule has 3 rings (SSSR count). The zero-order chi connectivity index (χ0) is 21.2. The summed E-state index contributed by atoms with van der Waals surface area (Å²) < 4.78 is 10.3. The minimum absolute atomic E-state index is 0.0384. The van der Waals surface area contributed by atoms with Crippen molar-refractivity contribution in [1.82, 2.24) is 10.2 Å². The van der Waals surface area contributed by atoms with Gasteiger partial charge in [-0.25, -0.2) is 9.59 Å². The Morgan fingerprint density at radius 1 is 1.17 bits per heavy atom. The summed E-state index contributed by atoms with van der Waals surface area (Å²) in [6.07, 6.45) is 1.99. The van der Waals surface area contributed by atoms with Crippen molar-refractivity contribution in [2.45, 2.75) is 70.2 Å². The van der Waals surface area contributed by atoms with Crippen molar-refractivity contribution in [3.63, 3.8) is 0 Å². The van der Waals surface area contributed by atoms with Crippen LogP contribution in [0.3, 0.4) is 0 Å². The van der Waals surface area contributed by atoms with Crippen molar-refractivity contribution in [3.8, 4) is 0 Å². The normalized spacial score (nSPS) is 26.6. The Balaban J connectivity index is 1.82. The van der Waals surface area contributed by atoms with Crippen LogP contribution in [-0.4, -0.2) is 53.7 Å². The van der Waals surface area contributed by atoms with E-state index >= 15 is 0 Å². The molecule has 0 unspecified atom stereocenters. The summed E-state index contributed by atoms with van der Waals surface area (Å²) in [7, 11) is 1.34. The van der Waals surface area contributed by atoms with Crippen molar-refractivity contribution in [3.05, 3.63) is 35.9 Å². The first kappa shape index (κ1) is 21.1. The van der Waals surface area contributed by atoms with Gasteiger partial charge in [-0.15, -0.1) is 0 Å². The first-order chi connectivity index (χ1) is 13.7. The van der Waals surface area contributed by atoms with Crippen LogP contribution < -0.4 is 5.32 Å². The van der Waals surface area contributed by atoms with E-state index in [0.717, 1.165) is 12.8 Å². The predicted molar refractivity (Wildman–Crippen MR) is 107 cm³/mol. The molecular formula is C22H30N2O5. The molecule has 0 aromatic heterocycles. The van der Waals surface area contributed by atoms with Crippen LogP contribution in [0.4, 0.5) is 4.79 Å². The fraction of sp³-hybridized carbons (Fsp3) is 0.591. The molecule has 158 valence electrons. The Hall–Kier alpha value is -2.57. The van der Waals surface area contributed by atoms with E-state index in [9.17, 15) is 14.4 Å².